The molecule has 122 valence electrons. The summed E-state index contributed by atoms with van der Waals surface area (Å²) in [7, 11) is 0. The van der Waals surface area contributed by atoms with Crippen LogP contribution in [-0.4, -0.2) is 57.8 Å². The Hall–Kier alpha value is -0.180. The van der Waals surface area contributed by atoms with Crippen molar-refractivity contribution in [3.05, 3.63) is 0 Å². The van der Waals surface area contributed by atoms with Crippen LogP contribution in [-0.2, 0) is 4.79 Å². The number of hydrogen-bond donors (Lipinski definition) is 4. The quantitative estimate of drug-likeness (QED) is 0.377. The third-order valence-electron chi connectivity index (χ3n) is 3.37. The highest BCUT2D eigenvalue weighted by atomic mass is 32.2. The molecule has 0 radical (unpaired) electrons. The van der Waals surface area contributed by atoms with Crippen molar-refractivity contribution in [1.82, 2.24) is 0 Å². The minimum Gasteiger partial charge on any atom is -0.412 e. The number of thioether (sulfide) groups is 1. The molecule has 0 bridgehead atoms. The number of rotatable bonds is 11. The van der Waals surface area contributed by atoms with Crippen molar-refractivity contribution < 1.29 is 20.5 Å². The molecule has 0 amide bonds. The zero-order valence-electron chi connectivity index (χ0n) is 12.5. The topological polar surface area (TPSA) is 141 Å². The van der Waals surface area contributed by atoms with E-state index in [1.54, 1.807) is 11.8 Å². The van der Waals surface area contributed by atoms with Crippen LogP contribution in [0.4, 0.5) is 0 Å². The third kappa shape index (κ3) is 6.51. The lowest BCUT2D eigenvalue weighted by atomic mass is 9.81. The Balaban J connectivity index is 0. The summed E-state index contributed by atoms with van der Waals surface area (Å²) in [6, 6.07) is -1.70. The van der Waals surface area contributed by atoms with Gasteiger partial charge in [-0.25, -0.2) is 0 Å². The molecular formula is C13H30N2O4S. The summed E-state index contributed by atoms with van der Waals surface area (Å²) in [6.07, 6.45) is 5.29. The van der Waals surface area contributed by atoms with E-state index in [0.717, 1.165) is 18.6 Å². The van der Waals surface area contributed by atoms with Crippen molar-refractivity contribution in [2.45, 2.75) is 56.7 Å². The molecule has 0 aliphatic carbocycles. The first-order valence-electron chi connectivity index (χ1n) is 6.81. The molecule has 0 saturated heterocycles. The van der Waals surface area contributed by atoms with Crippen molar-refractivity contribution in [2.24, 2.45) is 11.5 Å². The van der Waals surface area contributed by atoms with Crippen LogP contribution in [0.15, 0.2) is 0 Å². The minimum atomic E-state index is -1.71. The van der Waals surface area contributed by atoms with Crippen LogP contribution in [0, 0.1) is 0 Å². The number of carbonyl (C=O) groups is 1. The average Bonchev–Trinajstić information content (AvgIpc) is 2.42. The SMILES string of the molecule is CCCCCC(O)(C(=O)C(N)CCSC)C(N)CO.O. The molecule has 0 aromatic carbocycles. The first-order chi connectivity index (χ1) is 8.93. The number of Topliss-reactive ketones (excluding diaryl/α,β-unsaturated/α-hetero) is 1. The summed E-state index contributed by atoms with van der Waals surface area (Å²) in [5, 5.41) is 19.7. The van der Waals surface area contributed by atoms with E-state index in [0.29, 0.717) is 12.8 Å². The average molecular weight is 310 g/mol. The lowest BCUT2D eigenvalue weighted by molar-refractivity contribution is -0.143. The van der Waals surface area contributed by atoms with E-state index < -0.39 is 30.1 Å². The highest BCUT2D eigenvalue weighted by Gasteiger charge is 2.43. The van der Waals surface area contributed by atoms with E-state index in [2.05, 4.69) is 0 Å². The summed E-state index contributed by atoms with van der Waals surface area (Å²) in [4.78, 5) is 12.3. The van der Waals surface area contributed by atoms with Gasteiger partial charge in [-0.1, -0.05) is 26.2 Å². The normalized spacial score (nSPS) is 16.9. The summed E-state index contributed by atoms with van der Waals surface area (Å²) in [6.45, 7) is 1.61. The van der Waals surface area contributed by atoms with Crippen LogP contribution >= 0.6 is 11.8 Å². The summed E-state index contributed by atoms with van der Waals surface area (Å²) in [5.41, 5.74) is 9.84. The fraction of sp³-hybridized carbons (Fsp3) is 0.923. The van der Waals surface area contributed by atoms with Crippen LogP contribution in [0.3, 0.4) is 0 Å². The summed E-state index contributed by atoms with van der Waals surface area (Å²) < 4.78 is 0. The number of unbranched alkanes of at least 4 members (excludes halogenated alkanes) is 2. The van der Waals surface area contributed by atoms with Crippen LogP contribution in [0.5, 0.6) is 0 Å². The maximum absolute atomic E-state index is 12.3. The lowest BCUT2D eigenvalue weighted by Gasteiger charge is -2.33. The molecule has 3 atom stereocenters. The molecule has 7 heteroatoms. The minimum absolute atomic E-state index is 0. The number of aliphatic hydroxyl groups excluding tert-OH is 1. The van der Waals surface area contributed by atoms with E-state index in [9.17, 15) is 9.90 Å². The molecule has 0 aliphatic heterocycles. The maximum Gasteiger partial charge on any atom is 0.182 e. The number of carbonyl (C=O) groups excluding carboxylic acids is 1. The highest BCUT2D eigenvalue weighted by Crippen LogP contribution is 2.22. The fourth-order valence-electron chi connectivity index (χ4n) is 1.98. The second-order valence-electron chi connectivity index (χ2n) is 4.92. The number of nitrogens with two attached hydrogens (primary N) is 2. The lowest BCUT2D eigenvalue weighted by Crippen LogP contribution is -2.60. The largest absolute Gasteiger partial charge is 0.412 e. The monoisotopic (exact) mass is 310 g/mol. The Kier molecular flexibility index (Phi) is 12.7. The van der Waals surface area contributed by atoms with Gasteiger partial charge in [0.2, 0.25) is 0 Å². The van der Waals surface area contributed by atoms with Crippen LogP contribution in [0.1, 0.15) is 39.0 Å². The predicted molar refractivity (Wildman–Crippen MR) is 83.7 cm³/mol. The zero-order valence-corrected chi connectivity index (χ0v) is 13.3. The van der Waals surface area contributed by atoms with E-state index in [1.807, 2.05) is 13.2 Å². The maximum atomic E-state index is 12.3. The second-order valence-corrected chi connectivity index (χ2v) is 5.91. The van der Waals surface area contributed by atoms with Gasteiger partial charge in [0, 0.05) is 0 Å². The Morgan fingerprint density at radius 1 is 1.35 bits per heavy atom. The van der Waals surface area contributed by atoms with Gasteiger partial charge in [0.1, 0.15) is 5.60 Å². The summed E-state index contributed by atoms with van der Waals surface area (Å²) >= 11 is 1.60. The highest BCUT2D eigenvalue weighted by molar-refractivity contribution is 7.98. The van der Waals surface area contributed by atoms with Gasteiger partial charge in [-0.2, -0.15) is 11.8 Å². The van der Waals surface area contributed by atoms with Gasteiger partial charge in [0.25, 0.3) is 0 Å². The molecule has 8 N–H and O–H groups in total. The molecule has 0 heterocycles. The standard InChI is InChI=1S/C13H28N2O3S.H2O/c1-3-4-5-7-13(18,11(15)9-16)12(17)10(14)6-8-19-2;/h10-11,16,18H,3-9,14-15H2,1-2H3;1H2. The fourth-order valence-corrected chi connectivity index (χ4v) is 2.47. The van der Waals surface area contributed by atoms with Gasteiger partial charge in [0.15, 0.2) is 5.78 Å². The Morgan fingerprint density at radius 2 is 1.95 bits per heavy atom. The predicted octanol–water partition coefficient (Wildman–Crippen LogP) is -0.558. The smallest absolute Gasteiger partial charge is 0.182 e. The molecule has 0 aromatic rings. The molecule has 0 fully saturated rings. The van der Waals surface area contributed by atoms with Crippen molar-refractivity contribution in [1.29, 1.82) is 0 Å². The molecule has 20 heavy (non-hydrogen) atoms. The van der Waals surface area contributed by atoms with Gasteiger partial charge in [0.05, 0.1) is 18.7 Å². The van der Waals surface area contributed by atoms with Gasteiger partial charge >= 0.3 is 0 Å². The molecule has 0 aliphatic rings. The number of aliphatic hydroxyl groups is 2. The molecule has 6 nitrogen and oxygen atoms in total. The van der Waals surface area contributed by atoms with E-state index >= 15 is 0 Å². The van der Waals surface area contributed by atoms with Gasteiger partial charge in [-0.15, -0.1) is 0 Å². The Morgan fingerprint density at radius 3 is 2.40 bits per heavy atom. The van der Waals surface area contributed by atoms with Crippen molar-refractivity contribution in [3.63, 3.8) is 0 Å². The molecule has 0 aromatic heterocycles. The van der Waals surface area contributed by atoms with E-state index in [4.69, 9.17) is 16.6 Å². The van der Waals surface area contributed by atoms with Gasteiger partial charge < -0.3 is 27.2 Å². The van der Waals surface area contributed by atoms with Gasteiger partial charge in [-0.05, 0) is 24.9 Å². The first-order valence-corrected chi connectivity index (χ1v) is 8.21. The van der Waals surface area contributed by atoms with Gasteiger partial charge in [-0.3, -0.25) is 4.79 Å². The number of hydrogen-bond acceptors (Lipinski definition) is 6. The molecular weight excluding hydrogens is 280 g/mol. The molecule has 3 unspecified atom stereocenters. The van der Waals surface area contributed by atoms with E-state index in [1.165, 1.54) is 0 Å². The zero-order chi connectivity index (χ0) is 14.9. The van der Waals surface area contributed by atoms with Crippen LogP contribution in [0.2, 0.25) is 0 Å². The Labute approximate surface area is 125 Å². The third-order valence-corrected chi connectivity index (χ3v) is 4.01. The van der Waals surface area contributed by atoms with Crippen LogP contribution in [0.25, 0.3) is 0 Å². The summed E-state index contributed by atoms with van der Waals surface area (Å²) in [5.74, 6) is 0.311. The van der Waals surface area contributed by atoms with Crippen molar-refractivity contribution in [2.75, 3.05) is 18.6 Å². The second kappa shape index (κ2) is 11.5. The van der Waals surface area contributed by atoms with Crippen molar-refractivity contribution >= 4 is 17.5 Å². The molecule has 0 rings (SSSR count). The van der Waals surface area contributed by atoms with E-state index in [-0.39, 0.29) is 11.9 Å². The van der Waals surface area contributed by atoms with Crippen molar-refractivity contribution in [3.8, 4) is 0 Å². The Bertz CT molecular complexity index is 269. The van der Waals surface area contributed by atoms with Crippen LogP contribution < -0.4 is 11.5 Å². The number of ketones is 1. The first kappa shape index (κ1) is 22.1. The molecule has 0 spiro atoms. The molecule has 0 saturated carbocycles.